The van der Waals surface area contributed by atoms with Crippen LogP contribution in [-0.2, 0) is 0 Å². The molecule has 128 valence electrons. The molecule has 3 aromatic rings. The van der Waals surface area contributed by atoms with E-state index >= 15 is 0 Å². The predicted octanol–water partition coefficient (Wildman–Crippen LogP) is 5.37. The number of hydrogen-bond acceptors (Lipinski definition) is 2. The first kappa shape index (κ1) is 16.2. The number of fused-ring (bicyclic) bond motifs is 1. The second-order valence-corrected chi connectivity index (χ2v) is 7.26. The van der Waals surface area contributed by atoms with Gasteiger partial charge in [-0.1, -0.05) is 73.7 Å². The van der Waals surface area contributed by atoms with E-state index in [0.29, 0.717) is 5.75 Å². The molecule has 0 radical (unpaired) electrons. The first-order valence-corrected chi connectivity index (χ1v) is 9.23. The third-order valence-corrected chi connectivity index (χ3v) is 5.53. The smallest absolute Gasteiger partial charge is 0.128 e. The molecule has 1 unspecified atom stereocenters. The first-order chi connectivity index (χ1) is 12.2. The fourth-order valence-electron chi connectivity index (χ4n) is 4.00. The third kappa shape index (κ3) is 3.14. The molecule has 1 heterocycles. The molecular weight excluding hydrogens is 306 g/mol. The van der Waals surface area contributed by atoms with Crippen molar-refractivity contribution in [2.24, 2.45) is 5.92 Å². The number of rotatable bonds is 3. The molecule has 2 nitrogen and oxygen atoms in total. The number of phenols is 1. The monoisotopic (exact) mass is 331 g/mol. The van der Waals surface area contributed by atoms with Gasteiger partial charge in [0.2, 0.25) is 0 Å². The number of aromatic hydroxyl groups is 1. The van der Waals surface area contributed by atoms with Gasteiger partial charge in [0.25, 0.3) is 0 Å². The van der Waals surface area contributed by atoms with E-state index in [4.69, 9.17) is 0 Å². The van der Waals surface area contributed by atoms with Crippen molar-refractivity contribution in [3.63, 3.8) is 0 Å². The molecule has 0 aromatic heterocycles. The topological polar surface area (TPSA) is 23.5 Å². The van der Waals surface area contributed by atoms with Gasteiger partial charge in [0.05, 0.1) is 6.04 Å². The van der Waals surface area contributed by atoms with E-state index in [1.54, 1.807) is 0 Å². The molecule has 1 fully saturated rings. The molecule has 1 atom stereocenters. The van der Waals surface area contributed by atoms with Crippen molar-refractivity contribution in [1.82, 2.24) is 4.90 Å². The van der Waals surface area contributed by atoms with Crippen LogP contribution >= 0.6 is 0 Å². The highest BCUT2D eigenvalue weighted by Crippen LogP contribution is 2.39. The Morgan fingerprint density at radius 3 is 2.32 bits per heavy atom. The quantitative estimate of drug-likeness (QED) is 0.698. The van der Waals surface area contributed by atoms with E-state index in [9.17, 15) is 5.11 Å². The second-order valence-electron chi connectivity index (χ2n) is 7.26. The molecule has 0 spiro atoms. The Balaban J connectivity index is 1.82. The minimum absolute atomic E-state index is 0.110. The van der Waals surface area contributed by atoms with Crippen LogP contribution in [0.1, 0.15) is 36.9 Å². The number of nitrogens with zero attached hydrogens (tertiary/aromatic N) is 1. The van der Waals surface area contributed by atoms with Crippen molar-refractivity contribution in [1.29, 1.82) is 0 Å². The number of phenolic OH excluding ortho intramolecular Hbond substituents is 1. The highest BCUT2D eigenvalue weighted by atomic mass is 16.3. The Morgan fingerprint density at radius 1 is 0.880 bits per heavy atom. The zero-order valence-corrected chi connectivity index (χ0v) is 14.7. The maximum absolute atomic E-state index is 11.0. The Labute approximate surface area is 149 Å². The summed E-state index contributed by atoms with van der Waals surface area (Å²) in [6, 6.07) is 23.0. The predicted molar refractivity (Wildman–Crippen MR) is 104 cm³/mol. The first-order valence-electron chi connectivity index (χ1n) is 9.23. The SMILES string of the molecule is CC1CCN(C(c2ccccc2)c2ccc3ccccc3c2O)CC1. The standard InChI is InChI=1S/C23H25NO/c1-17-13-15-24(16-14-17)22(19-8-3-2-4-9-19)21-12-11-18-7-5-6-10-20(18)23(21)25/h2-12,17,22,25H,13-16H2,1H3. The molecule has 0 bridgehead atoms. The van der Waals surface area contributed by atoms with Crippen LogP contribution in [0, 0.1) is 5.92 Å². The summed E-state index contributed by atoms with van der Waals surface area (Å²) in [5.41, 5.74) is 2.27. The number of benzene rings is 3. The van der Waals surface area contributed by atoms with Crippen LogP contribution in [0.3, 0.4) is 0 Å². The van der Waals surface area contributed by atoms with Crippen molar-refractivity contribution in [2.45, 2.75) is 25.8 Å². The molecule has 2 heteroatoms. The molecule has 1 aliphatic rings. The molecule has 1 saturated heterocycles. The Hall–Kier alpha value is -2.32. The maximum atomic E-state index is 11.0. The fourth-order valence-corrected chi connectivity index (χ4v) is 4.00. The number of likely N-dealkylation sites (tertiary alicyclic amines) is 1. The van der Waals surface area contributed by atoms with Gasteiger partial charge >= 0.3 is 0 Å². The largest absolute Gasteiger partial charge is 0.507 e. The Kier molecular flexibility index (Phi) is 4.46. The van der Waals surface area contributed by atoms with Crippen LogP contribution in [0.4, 0.5) is 0 Å². The lowest BCUT2D eigenvalue weighted by Gasteiger charge is -2.37. The van der Waals surface area contributed by atoms with Gasteiger partial charge in [0.1, 0.15) is 5.75 Å². The molecule has 1 N–H and O–H groups in total. The highest BCUT2D eigenvalue weighted by Gasteiger charge is 2.28. The number of piperidine rings is 1. The van der Waals surface area contributed by atoms with Crippen LogP contribution in [0.2, 0.25) is 0 Å². The van der Waals surface area contributed by atoms with Crippen LogP contribution in [-0.4, -0.2) is 23.1 Å². The molecule has 1 aliphatic heterocycles. The number of hydrogen-bond donors (Lipinski definition) is 1. The van der Waals surface area contributed by atoms with Crippen molar-refractivity contribution in [3.05, 3.63) is 77.9 Å². The Morgan fingerprint density at radius 2 is 1.56 bits per heavy atom. The Bertz CT molecular complexity index is 850. The third-order valence-electron chi connectivity index (χ3n) is 5.53. The summed E-state index contributed by atoms with van der Waals surface area (Å²) < 4.78 is 0. The van der Waals surface area contributed by atoms with Gasteiger partial charge < -0.3 is 5.11 Å². The molecule has 0 amide bonds. The van der Waals surface area contributed by atoms with Crippen molar-refractivity contribution in [3.8, 4) is 5.75 Å². The normalized spacial score (nSPS) is 17.6. The molecule has 25 heavy (non-hydrogen) atoms. The van der Waals surface area contributed by atoms with Gasteiger partial charge in [-0.15, -0.1) is 0 Å². The van der Waals surface area contributed by atoms with E-state index in [-0.39, 0.29) is 6.04 Å². The lowest BCUT2D eigenvalue weighted by atomic mass is 9.90. The molecule has 3 aromatic carbocycles. The zero-order chi connectivity index (χ0) is 17.2. The summed E-state index contributed by atoms with van der Waals surface area (Å²) in [5.74, 6) is 1.21. The molecule has 4 rings (SSSR count). The molecule has 0 saturated carbocycles. The van der Waals surface area contributed by atoms with Crippen LogP contribution in [0.15, 0.2) is 66.7 Å². The van der Waals surface area contributed by atoms with Crippen molar-refractivity contribution >= 4 is 10.8 Å². The summed E-state index contributed by atoms with van der Waals surface area (Å²) in [6.07, 6.45) is 2.44. The van der Waals surface area contributed by atoms with Crippen LogP contribution < -0.4 is 0 Å². The van der Waals surface area contributed by atoms with E-state index in [0.717, 1.165) is 35.3 Å². The average molecular weight is 331 g/mol. The fraction of sp³-hybridized carbons (Fsp3) is 0.304. The van der Waals surface area contributed by atoms with Gasteiger partial charge in [-0.2, -0.15) is 0 Å². The van der Waals surface area contributed by atoms with Crippen LogP contribution in [0.5, 0.6) is 5.75 Å². The van der Waals surface area contributed by atoms with Gasteiger partial charge in [0, 0.05) is 10.9 Å². The average Bonchev–Trinajstić information content (AvgIpc) is 2.66. The minimum Gasteiger partial charge on any atom is -0.507 e. The van der Waals surface area contributed by atoms with Gasteiger partial charge in [0.15, 0.2) is 0 Å². The summed E-state index contributed by atoms with van der Waals surface area (Å²) in [5, 5.41) is 13.1. The molecular formula is C23H25NO. The highest BCUT2D eigenvalue weighted by molar-refractivity contribution is 5.89. The second kappa shape index (κ2) is 6.89. The lowest BCUT2D eigenvalue weighted by Crippen LogP contribution is -2.36. The summed E-state index contributed by atoms with van der Waals surface area (Å²) in [6.45, 7) is 4.49. The van der Waals surface area contributed by atoms with Crippen molar-refractivity contribution in [2.75, 3.05) is 13.1 Å². The lowest BCUT2D eigenvalue weighted by molar-refractivity contribution is 0.156. The zero-order valence-electron chi connectivity index (χ0n) is 14.7. The van der Waals surface area contributed by atoms with E-state index in [1.807, 2.05) is 18.2 Å². The summed E-state index contributed by atoms with van der Waals surface area (Å²) in [4.78, 5) is 2.53. The van der Waals surface area contributed by atoms with Crippen molar-refractivity contribution < 1.29 is 5.11 Å². The molecule has 0 aliphatic carbocycles. The summed E-state index contributed by atoms with van der Waals surface area (Å²) >= 11 is 0. The van der Waals surface area contributed by atoms with Gasteiger partial charge in [-0.25, -0.2) is 0 Å². The summed E-state index contributed by atoms with van der Waals surface area (Å²) in [7, 11) is 0. The van der Waals surface area contributed by atoms with E-state index < -0.39 is 0 Å². The van der Waals surface area contributed by atoms with E-state index in [2.05, 4.69) is 60.4 Å². The van der Waals surface area contributed by atoms with E-state index in [1.165, 1.54) is 18.4 Å². The maximum Gasteiger partial charge on any atom is 0.128 e. The van der Waals surface area contributed by atoms with Crippen LogP contribution in [0.25, 0.3) is 10.8 Å². The van der Waals surface area contributed by atoms with Gasteiger partial charge in [-0.3, -0.25) is 4.90 Å². The van der Waals surface area contributed by atoms with Gasteiger partial charge in [-0.05, 0) is 42.8 Å². The minimum atomic E-state index is 0.110.